The minimum atomic E-state index is -2.88. The van der Waals surface area contributed by atoms with Crippen LogP contribution in [0.25, 0.3) is 0 Å². The van der Waals surface area contributed by atoms with Crippen molar-refractivity contribution in [2.75, 3.05) is 19.7 Å². The molecule has 2 N–H and O–H groups in total. The van der Waals surface area contributed by atoms with Gasteiger partial charge in [0.2, 0.25) is 5.92 Å². The molecule has 0 saturated heterocycles. The van der Waals surface area contributed by atoms with Gasteiger partial charge in [0, 0.05) is 31.8 Å². The lowest BCUT2D eigenvalue weighted by atomic mass is 9.80. The molecule has 1 saturated carbocycles. The predicted molar refractivity (Wildman–Crippen MR) is 104 cm³/mol. The molecule has 0 amide bonds. The van der Waals surface area contributed by atoms with Gasteiger partial charge in [-0.1, -0.05) is 36.4 Å². The number of halogens is 3. The van der Waals surface area contributed by atoms with E-state index in [0.29, 0.717) is 19.5 Å². The quantitative estimate of drug-likeness (QED) is 0.323. The number of alkyl halides is 2. The zero-order valence-electron chi connectivity index (χ0n) is 15.4. The summed E-state index contributed by atoms with van der Waals surface area (Å²) < 4.78 is 32.9. The van der Waals surface area contributed by atoms with E-state index in [1.165, 1.54) is 6.34 Å². The Hall–Kier alpha value is -1.99. The van der Waals surface area contributed by atoms with Crippen molar-refractivity contribution in [2.45, 2.75) is 37.2 Å². The minimum Gasteiger partial charge on any atom is -0.459 e. The van der Waals surface area contributed by atoms with E-state index in [4.69, 9.17) is 10.1 Å². The van der Waals surface area contributed by atoms with Crippen molar-refractivity contribution < 1.29 is 23.4 Å². The third-order valence-electron chi connectivity index (χ3n) is 5.43. The third-order valence-corrected chi connectivity index (χ3v) is 5.43. The van der Waals surface area contributed by atoms with Crippen LogP contribution in [-0.2, 0) is 15.1 Å². The second kappa shape index (κ2) is 9.01. The first kappa shape index (κ1) is 22.3. The molecule has 28 heavy (non-hydrogen) atoms. The second-order valence-electron chi connectivity index (χ2n) is 7.24. The van der Waals surface area contributed by atoms with E-state index in [0.717, 1.165) is 5.57 Å². The van der Waals surface area contributed by atoms with E-state index in [1.807, 2.05) is 11.0 Å². The van der Waals surface area contributed by atoms with Crippen LogP contribution < -0.4 is 0 Å². The molecule has 1 aliphatic carbocycles. The summed E-state index contributed by atoms with van der Waals surface area (Å²) in [5.74, 6) is -4.65. The highest BCUT2D eigenvalue weighted by molar-refractivity contribution is 5.85. The minimum absolute atomic E-state index is 0. The Labute approximate surface area is 169 Å². The fourth-order valence-electron chi connectivity index (χ4n) is 3.76. The van der Waals surface area contributed by atoms with Crippen LogP contribution >= 0.6 is 12.4 Å². The summed E-state index contributed by atoms with van der Waals surface area (Å²) in [6.45, 7) is 1.24. The number of aliphatic hydroxyl groups is 1. The molecule has 0 aromatic heterocycles. The SMILES string of the molecule is Cl.N=CN1CC=C(COC(=O)[C@](O)(c2ccccc2)[C@@H]2CCC(F)(F)C2)CC1. The average molecular weight is 415 g/mol. The van der Waals surface area contributed by atoms with Crippen LogP contribution in [0, 0.1) is 11.3 Å². The molecule has 8 heteroatoms. The van der Waals surface area contributed by atoms with Crippen LogP contribution in [0.5, 0.6) is 0 Å². The molecule has 1 aromatic carbocycles. The Morgan fingerprint density at radius 2 is 2.11 bits per heavy atom. The molecule has 1 aromatic rings. The number of hydrogen-bond donors (Lipinski definition) is 2. The maximum absolute atomic E-state index is 13.8. The van der Waals surface area contributed by atoms with Crippen LogP contribution in [-0.4, -0.2) is 47.9 Å². The smallest absolute Gasteiger partial charge is 0.343 e. The van der Waals surface area contributed by atoms with E-state index in [2.05, 4.69) is 0 Å². The van der Waals surface area contributed by atoms with Crippen LogP contribution in [0.15, 0.2) is 42.0 Å². The molecule has 1 fully saturated rings. The van der Waals surface area contributed by atoms with E-state index in [1.54, 1.807) is 30.3 Å². The zero-order valence-corrected chi connectivity index (χ0v) is 16.3. The van der Waals surface area contributed by atoms with Gasteiger partial charge in [-0.3, -0.25) is 5.41 Å². The van der Waals surface area contributed by atoms with Crippen molar-refractivity contribution in [1.82, 2.24) is 4.90 Å². The van der Waals surface area contributed by atoms with Crippen LogP contribution in [0.2, 0.25) is 0 Å². The molecule has 154 valence electrons. The predicted octanol–water partition coefficient (Wildman–Crippen LogP) is 3.51. The molecular weight excluding hydrogens is 390 g/mol. The number of ether oxygens (including phenoxy) is 1. The normalized spacial score (nSPS) is 23.2. The standard InChI is InChI=1S/C20H24F2N2O3.ClH/c21-19(22)9-6-17(12-19)20(26,16-4-2-1-3-5-16)18(25)27-13-15-7-10-24(14-23)11-8-15;/h1-5,7,14,17,23,26H,6,8-13H2;1H/t17-,20+;/m1./s1. The van der Waals surface area contributed by atoms with Crippen molar-refractivity contribution in [3.63, 3.8) is 0 Å². The molecule has 2 atom stereocenters. The van der Waals surface area contributed by atoms with Gasteiger partial charge < -0.3 is 14.7 Å². The van der Waals surface area contributed by atoms with Crippen LogP contribution in [0.1, 0.15) is 31.2 Å². The van der Waals surface area contributed by atoms with Crippen molar-refractivity contribution >= 4 is 24.7 Å². The Kier molecular flexibility index (Phi) is 7.17. The van der Waals surface area contributed by atoms with Crippen molar-refractivity contribution in [3.8, 4) is 0 Å². The molecule has 3 rings (SSSR count). The molecular formula is C20H25ClF2N2O3. The largest absolute Gasteiger partial charge is 0.459 e. The summed E-state index contributed by atoms with van der Waals surface area (Å²) in [6.07, 6.45) is 2.97. The summed E-state index contributed by atoms with van der Waals surface area (Å²) in [6, 6.07) is 8.20. The monoisotopic (exact) mass is 414 g/mol. The summed E-state index contributed by atoms with van der Waals surface area (Å²) in [7, 11) is 0. The lowest BCUT2D eigenvalue weighted by Gasteiger charge is -2.32. The number of esters is 1. The first-order chi connectivity index (χ1) is 12.8. The highest BCUT2D eigenvalue weighted by Gasteiger charge is 2.54. The van der Waals surface area contributed by atoms with Gasteiger partial charge in [0.05, 0.1) is 6.34 Å². The number of rotatable bonds is 6. The van der Waals surface area contributed by atoms with Crippen LogP contribution in [0.4, 0.5) is 8.78 Å². The van der Waals surface area contributed by atoms with Gasteiger partial charge in [-0.15, -0.1) is 12.4 Å². The summed E-state index contributed by atoms with van der Waals surface area (Å²) in [4.78, 5) is 14.6. The number of carbonyl (C=O) groups is 1. The molecule has 0 spiro atoms. The van der Waals surface area contributed by atoms with Crippen molar-refractivity contribution in [3.05, 3.63) is 47.5 Å². The van der Waals surface area contributed by atoms with Gasteiger partial charge in [-0.05, 0) is 24.0 Å². The number of nitrogens with zero attached hydrogens (tertiary/aromatic N) is 1. The number of carbonyl (C=O) groups excluding carboxylic acids is 1. The van der Waals surface area contributed by atoms with Crippen molar-refractivity contribution in [2.24, 2.45) is 5.92 Å². The van der Waals surface area contributed by atoms with Gasteiger partial charge in [-0.2, -0.15) is 0 Å². The molecule has 0 unspecified atom stereocenters. The lowest BCUT2D eigenvalue weighted by molar-refractivity contribution is -0.173. The molecule has 1 heterocycles. The first-order valence-corrected chi connectivity index (χ1v) is 9.10. The first-order valence-electron chi connectivity index (χ1n) is 9.10. The topological polar surface area (TPSA) is 73.6 Å². The Morgan fingerprint density at radius 1 is 1.39 bits per heavy atom. The van der Waals surface area contributed by atoms with Crippen molar-refractivity contribution in [1.29, 1.82) is 5.41 Å². The van der Waals surface area contributed by atoms with Gasteiger partial charge in [0.1, 0.15) is 6.61 Å². The van der Waals surface area contributed by atoms with E-state index < -0.39 is 29.8 Å². The van der Waals surface area contributed by atoms with E-state index >= 15 is 0 Å². The molecule has 0 radical (unpaired) electrons. The summed E-state index contributed by atoms with van der Waals surface area (Å²) in [5.41, 5.74) is -0.906. The summed E-state index contributed by atoms with van der Waals surface area (Å²) >= 11 is 0. The van der Waals surface area contributed by atoms with Gasteiger partial charge in [0.15, 0.2) is 5.60 Å². The van der Waals surface area contributed by atoms with Gasteiger partial charge >= 0.3 is 5.97 Å². The highest BCUT2D eigenvalue weighted by atomic mass is 35.5. The molecule has 2 aliphatic rings. The number of nitrogens with one attached hydrogen (secondary N) is 1. The maximum atomic E-state index is 13.8. The maximum Gasteiger partial charge on any atom is 0.343 e. The average Bonchev–Trinajstić information content (AvgIpc) is 3.06. The van der Waals surface area contributed by atoms with Crippen LogP contribution in [0.3, 0.4) is 0 Å². The third kappa shape index (κ3) is 4.70. The number of hydrogen-bond acceptors (Lipinski definition) is 4. The second-order valence-corrected chi connectivity index (χ2v) is 7.24. The highest BCUT2D eigenvalue weighted by Crippen LogP contribution is 2.47. The fraction of sp³-hybridized carbons (Fsp3) is 0.500. The Balaban J connectivity index is 0.00000280. The lowest BCUT2D eigenvalue weighted by Crippen LogP contribution is -2.44. The molecule has 1 aliphatic heterocycles. The van der Waals surface area contributed by atoms with Gasteiger partial charge in [-0.25, -0.2) is 13.6 Å². The van der Waals surface area contributed by atoms with E-state index in [-0.39, 0.29) is 37.4 Å². The summed E-state index contributed by atoms with van der Waals surface area (Å²) in [5, 5.41) is 18.5. The Bertz CT molecular complexity index is 729. The number of benzene rings is 1. The molecule has 0 bridgehead atoms. The zero-order chi connectivity index (χ0) is 19.5. The van der Waals surface area contributed by atoms with E-state index in [9.17, 15) is 18.7 Å². The molecule has 5 nitrogen and oxygen atoms in total. The van der Waals surface area contributed by atoms with Gasteiger partial charge in [0.25, 0.3) is 0 Å². The fourth-order valence-corrected chi connectivity index (χ4v) is 3.76. The Morgan fingerprint density at radius 3 is 2.64 bits per heavy atom.